The van der Waals surface area contributed by atoms with Gasteiger partial charge in [-0.2, -0.15) is 0 Å². The molecule has 3 saturated heterocycles. The van der Waals surface area contributed by atoms with E-state index in [0.29, 0.717) is 17.5 Å². The van der Waals surface area contributed by atoms with E-state index in [2.05, 4.69) is 0 Å². The van der Waals surface area contributed by atoms with Crippen molar-refractivity contribution in [1.29, 1.82) is 0 Å². The number of aliphatic hydroxyl groups excluding tert-OH is 1. The first kappa shape index (κ1) is 56.1. The summed E-state index contributed by atoms with van der Waals surface area (Å²) in [6.45, 7) is 17.5. The second-order valence-electron chi connectivity index (χ2n) is 20.2. The van der Waals surface area contributed by atoms with Gasteiger partial charge in [0.1, 0.15) is 23.1 Å². The zero-order chi connectivity index (χ0) is 51.2. The Hall–Kier alpha value is -3.84. The summed E-state index contributed by atoms with van der Waals surface area (Å²) in [5.41, 5.74) is -3.80. The molecule has 0 saturated carbocycles. The van der Waals surface area contributed by atoms with Gasteiger partial charge in [0.15, 0.2) is 24.8 Å². The molecule has 3 aliphatic rings. The van der Waals surface area contributed by atoms with E-state index in [1.165, 1.54) is 14.2 Å². The highest BCUT2D eigenvalue weighted by Crippen LogP contribution is 2.43. The highest BCUT2D eigenvalue weighted by atomic mass is 16.7. The van der Waals surface area contributed by atoms with Crippen molar-refractivity contribution in [2.75, 3.05) is 28.3 Å². The van der Waals surface area contributed by atoms with Gasteiger partial charge in [-0.3, -0.25) is 9.59 Å². The molecule has 2 aromatic rings. The third-order valence-electron chi connectivity index (χ3n) is 15.1. The number of hydrogen-bond acceptors (Lipinski definition) is 16. The van der Waals surface area contributed by atoms with E-state index < -0.39 is 114 Å². The Morgan fingerprint density at radius 1 is 0.754 bits per heavy atom. The fraction of sp³-hybridized carbons (Fsp3) is 0.698. The number of nitrogens with zero attached hydrogens (tertiary/aromatic N) is 1. The number of ketones is 1. The molecule has 2 N–H and O–H groups in total. The Balaban J connectivity index is 1.64. The van der Waals surface area contributed by atoms with E-state index >= 15 is 0 Å². The SMILES string of the molecule is CC[C@H]1OC(=O)[C@H](C)[C@@H](OC2C[C@@](C)(OC)[C@@H](OC(=O)c3ccccc3)[C@H](C)O2)[C@H](C)[C@@H](OC2O[C@H](C)C[C@H](N(C)C)[C@H]2OC(=O)c2ccccc2)[C@@](C)(OC)C[C@@H](C)C(=O)[C@H](C)[C@@H](O)[C@@]1(O)CC. The molecule has 18 atom stereocenters. The lowest BCUT2D eigenvalue weighted by atomic mass is 9.73. The molecular weight excluding hydrogens is 891 g/mol. The molecule has 2 unspecified atom stereocenters. The van der Waals surface area contributed by atoms with E-state index in [4.69, 9.17) is 42.6 Å². The van der Waals surface area contributed by atoms with Gasteiger partial charge in [0.05, 0.1) is 59.2 Å². The fourth-order valence-electron chi connectivity index (χ4n) is 10.7. The van der Waals surface area contributed by atoms with Gasteiger partial charge in [0.25, 0.3) is 0 Å². The first-order valence-electron chi connectivity index (χ1n) is 24.5. The van der Waals surface area contributed by atoms with Crippen molar-refractivity contribution in [3.05, 3.63) is 71.8 Å². The lowest BCUT2D eigenvalue weighted by Crippen LogP contribution is -2.62. The minimum atomic E-state index is -1.99. The number of cyclic esters (lactones) is 1. The van der Waals surface area contributed by atoms with Gasteiger partial charge in [-0.15, -0.1) is 0 Å². The van der Waals surface area contributed by atoms with Gasteiger partial charge < -0.3 is 57.7 Å². The molecule has 0 aromatic heterocycles. The van der Waals surface area contributed by atoms with Crippen LogP contribution in [0.1, 0.15) is 122 Å². The Bertz CT molecular complexity index is 2010. The van der Waals surface area contributed by atoms with Gasteiger partial charge in [0.2, 0.25) is 0 Å². The number of rotatable bonds is 13. The molecule has 3 aliphatic heterocycles. The van der Waals surface area contributed by atoms with E-state index in [1.807, 2.05) is 32.8 Å². The number of Topliss-reactive ketones (excluding diaryl/α,β-unsaturated/α-hetero) is 1. The third kappa shape index (κ3) is 12.4. The van der Waals surface area contributed by atoms with Crippen molar-refractivity contribution >= 4 is 23.7 Å². The number of hydrogen-bond donors (Lipinski definition) is 2. The van der Waals surface area contributed by atoms with Crippen molar-refractivity contribution in [1.82, 2.24) is 4.90 Å². The molecule has 0 amide bonds. The topological polar surface area (TPSA) is 195 Å². The number of carbonyl (C=O) groups excluding carboxylic acids is 4. The molecule has 0 aliphatic carbocycles. The molecular formula is C53H79NO15. The Labute approximate surface area is 408 Å². The highest BCUT2D eigenvalue weighted by Gasteiger charge is 2.56. The second-order valence-corrected chi connectivity index (χ2v) is 20.2. The maximum absolute atomic E-state index is 14.8. The van der Waals surface area contributed by atoms with Gasteiger partial charge in [-0.25, -0.2) is 9.59 Å². The summed E-state index contributed by atoms with van der Waals surface area (Å²) in [4.78, 5) is 58.4. The van der Waals surface area contributed by atoms with Crippen molar-refractivity contribution in [3.63, 3.8) is 0 Å². The number of ether oxygens (including phenoxy) is 9. The minimum absolute atomic E-state index is 0.0223. The monoisotopic (exact) mass is 970 g/mol. The van der Waals surface area contributed by atoms with Crippen LogP contribution in [-0.4, -0.2) is 151 Å². The van der Waals surface area contributed by atoms with Crippen molar-refractivity contribution in [2.24, 2.45) is 23.7 Å². The highest BCUT2D eigenvalue weighted by molar-refractivity contribution is 5.90. The number of aliphatic hydroxyl groups is 2. The second kappa shape index (κ2) is 23.6. The average Bonchev–Trinajstić information content (AvgIpc) is 3.34. The van der Waals surface area contributed by atoms with E-state index in [1.54, 1.807) is 116 Å². The lowest BCUT2D eigenvalue weighted by Gasteiger charge is -2.50. The van der Waals surface area contributed by atoms with Crippen LogP contribution in [0.25, 0.3) is 0 Å². The van der Waals surface area contributed by atoms with Crippen LogP contribution < -0.4 is 0 Å². The van der Waals surface area contributed by atoms with Gasteiger partial charge in [-0.05, 0) is 98.7 Å². The van der Waals surface area contributed by atoms with Crippen LogP contribution in [0.2, 0.25) is 0 Å². The summed E-state index contributed by atoms with van der Waals surface area (Å²) in [6, 6.07) is 16.9. The quantitative estimate of drug-likeness (QED) is 0.162. The molecule has 16 heteroatoms. The summed E-state index contributed by atoms with van der Waals surface area (Å²) in [5.74, 6) is -6.01. The standard InChI is InChI=1S/C53H79NO15/c1-15-39-53(60,16-2)44(56)32(5)41(55)30(3)28-51(9,61-13)45(69-50-43(38(54(11)12)27-31(4)63-50)67-48(58)36-23-19-17-20-24-36)33(6)42(34(7)47(57)65-39)66-40-29-52(10,62-14)46(35(8)64-40)68-49(59)37-25-21-18-22-26-37/h17-26,30-35,38-40,42-46,50,56,60H,15-16,27-29H2,1-14H3/t30-,31-,32+,33+,34-,35+,38+,39-,40?,42+,43-,44-,45-,46+,50?,51+,52-,53-/m1/s1. The van der Waals surface area contributed by atoms with Crippen LogP contribution >= 0.6 is 0 Å². The predicted octanol–water partition coefficient (Wildman–Crippen LogP) is 6.56. The molecule has 2 aromatic carbocycles. The Morgan fingerprint density at radius 2 is 1.30 bits per heavy atom. The van der Waals surface area contributed by atoms with Crippen molar-refractivity contribution < 1.29 is 72.0 Å². The zero-order valence-corrected chi connectivity index (χ0v) is 43.1. The summed E-state index contributed by atoms with van der Waals surface area (Å²) < 4.78 is 58.5. The minimum Gasteiger partial charge on any atom is -0.459 e. The zero-order valence-electron chi connectivity index (χ0n) is 43.1. The summed E-state index contributed by atoms with van der Waals surface area (Å²) in [6.07, 6.45) is -9.57. The largest absolute Gasteiger partial charge is 0.459 e. The smallest absolute Gasteiger partial charge is 0.338 e. The summed E-state index contributed by atoms with van der Waals surface area (Å²) >= 11 is 0. The molecule has 3 fully saturated rings. The lowest BCUT2D eigenvalue weighted by molar-refractivity contribution is -0.318. The normalized spacial score (nSPS) is 39.5. The number of esters is 3. The molecule has 0 spiro atoms. The maximum atomic E-state index is 14.8. The van der Waals surface area contributed by atoms with E-state index in [-0.39, 0.29) is 43.6 Å². The molecule has 69 heavy (non-hydrogen) atoms. The molecule has 0 radical (unpaired) electrons. The summed E-state index contributed by atoms with van der Waals surface area (Å²) in [7, 11) is 6.80. The van der Waals surface area contributed by atoms with Gasteiger partial charge >= 0.3 is 17.9 Å². The maximum Gasteiger partial charge on any atom is 0.338 e. The molecule has 3 heterocycles. The molecule has 386 valence electrons. The third-order valence-corrected chi connectivity index (χ3v) is 15.1. The molecule has 0 bridgehead atoms. The van der Waals surface area contributed by atoms with Crippen molar-refractivity contribution in [2.45, 2.75) is 186 Å². The number of likely N-dealkylation sites (N-methyl/N-ethyl adjacent to an activating group) is 1. The number of methoxy groups -OCH3 is 2. The Morgan fingerprint density at radius 3 is 1.83 bits per heavy atom. The van der Waals surface area contributed by atoms with Crippen LogP contribution in [-0.2, 0) is 52.2 Å². The molecule has 5 rings (SSSR count). The van der Waals surface area contributed by atoms with Crippen LogP contribution in [0, 0.1) is 23.7 Å². The van der Waals surface area contributed by atoms with Crippen LogP contribution in [0.5, 0.6) is 0 Å². The van der Waals surface area contributed by atoms with Crippen LogP contribution in [0.3, 0.4) is 0 Å². The van der Waals surface area contributed by atoms with Crippen LogP contribution in [0.4, 0.5) is 0 Å². The first-order chi connectivity index (χ1) is 32.5. The summed E-state index contributed by atoms with van der Waals surface area (Å²) in [5, 5.41) is 24.1. The number of carbonyl (C=O) groups is 4. The van der Waals surface area contributed by atoms with Crippen LogP contribution in [0.15, 0.2) is 60.7 Å². The van der Waals surface area contributed by atoms with Gasteiger partial charge in [-0.1, -0.05) is 71.0 Å². The van der Waals surface area contributed by atoms with Crippen molar-refractivity contribution in [3.8, 4) is 0 Å². The number of benzene rings is 2. The first-order valence-corrected chi connectivity index (χ1v) is 24.5. The van der Waals surface area contributed by atoms with E-state index in [9.17, 15) is 29.4 Å². The average molecular weight is 970 g/mol. The van der Waals surface area contributed by atoms with E-state index in [0.717, 1.165) is 0 Å². The fourth-order valence-corrected chi connectivity index (χ4v) is 10.7. The van der Waals surface area contributed by atoms with Gasteiger partial charge in [0, 0.05) is 38.4 Å². The predicted molar refractivity (Wildman–Crippen MR) is 255 cm³/mol. The Kier molecular flexibility index (Phi) is 19.2. The molecule has 16 nitrogen and oxygen atoms in total.